The molecule has 0 saturated heterocycles. The van der Waals surface area contributed by atoms with Gasteiger partial charge in [0.05, 0.1) is 14.3 Å². The molecule has 96 valence electrons. The SMILES string of the molecule is CNC(c1cc(C)c(Br)s1)c1cccc(Br)c1F. The van der Waals surface area contributed by atoms with E-state index in [1.807, 2.05) is 26.1 Å². The number of thiophene rings is 1. The second-order valence-corrected chi connectivity index (χ2v) is 7.23. The minimum atomic E-state index is -0.209. The number of rotatable bonds is 3. The molecule has 0 bridgehead atoms. The molecule has 18 heavy (non-hydrogen) atoms. The maximum atomic E-state index is 14.1. The lowest BCUT2D eigenvalue weighted by Crippen LogP contribution is -2.18. The van der Waals surface area contributed by atoms with E-state index < -0.39 is 0 Å². The summed E-state index contributed by atoms with van der Waals surface area (Å²) >= 11 is 8.36. The molecule has 1 nitrogen and oxygen atoms in total. The van der Waals surface area contributed by atoms with Crippen LogP contribution in [0.4, 0.5) is 4.39 Å². The molecule has 0 aliphatic carbocycles. The zero-order valence-electron chi connectivity index (χ0n) is 9.93. The number of nitrogens with one attached hydrogen (secondary N) is 1. The standard InChI is InChI=1S/C13H12Br2FNS/c1-7-6-10(18-13(7)15)12(17-2)8-4-3-5-9(14)11(8)16/h3-6,12,17H,1-2H3. The maximum absolute atomic E-state index is 14.1. The number of hydrogen-bond acceptors (Lipinski definition) is 2. The summed E-state index contributed by atoms with van der Waals surface area (Å²) in [6, 6.07) is 7.32. The van der Waals surface area contributed by atoms with Crippen LogP contribution < -0.4 is 5.32 Å². The van der Waals surface area contributed by atoms with Crippen LogP contribution >= 0.6 is 43.2 Å². The number of aryl methyl sites for hydroxylation is 1. The van der Waals surface area contributed by atoms with Gasteiger partial charge in [0.2, 0.25) is 0 Å². The Morgan fingerprint density at radius 1 is 1.33 bits per heavy atom. The summed E-state index contributed by atoms with van der Waals surface area (Å²) < 4.78 is 15.7. The van der Waals surface area contributed by atoms with Gasteiger partial charge in [-0.15, -0.1) is 11.3 Å². The summed E-state index contributed by atoms with van der Waals surface area (Å²) in [4.78, 5) is 1.10. The lowest BCUT2D eigenvalue weighted by molar-refractivity contribution is 0.574. The van der Waals surface area contributed by atoms with E-state index in [1.165, 1.54) is 5.56 Å². The van der Waals surface area contributed by atoms with E-state index in [2.05, 4.69) is 43.2 Å². The van der Waals surface area contributed by atoms with E-state index in [-0.39, 0.29) is 11.9 Å². The lowest BCUT2D eigenvalue weighted by Gasteiger charge is -2.16. The van der Waals surface area contributed by atoms with Crippen LogP contribution in [0.3, 0.4) is 0 Å². The Labute approximate surface area is 127 Å². The van der Waals surface area contributed by atoms with Crippen LogP contribution in [0.25, 0.3) is 0 Å². The second kappa shape index (κ2) is 5.82. The fourth-order valence-corrected chi connectivity index (χ4v) is 3.90. The minimum absolute atomic E-state index is 0.127. The molecule has 1 atom stereocenters. The zero-order valence-corrected chi connectivity index (χ0v) is 13.9. The van der Waals surface area contributed by atoms with Gasteiger partial charge < -0.3 is 5.32 Å². The van der Waals surface area contributed by atoms with Crippen molar-refractivity contribution in [2.75, 3.05) is 7.05 Å². The molecule has 2 rings (SSSR count). The van der Waals surface area contributed by atoms with Crippen molar-refractivity contribution < 1.29 is 4.39 Å². The van der Waals surface area contributed by atoms with Gasteiger partial charge in [0.1, 0.15) is 5.82 Å². The van der Waals surface area contributed by atoms with Crippen LogP contribution in [0.2, 0.25) is 0 Å². The molecule has 1 aromatic heterocycles. The molecule has 1 heterocycles. The van der Waals surface area contributed by atoms with E-state index in [1.54, 1.807) is 17.4 Å². The van der Waals surface area contributed by atoms with E-state index in [0.717, 1.165) is 8.66 Å². The van der Waals surface area contributed by atoms with Crippen LogP contribution in [0.5, 0.6) is 0 Å². The fourth-order valence-electron chi connectivity index (χ4n) is 1.82. The number of benzene rings is 1. The molecule has 0 spiro atoms. The van der Waals surface area contributed by atoms with Gasteiger partial charge in [-0.25, -0.2) is 4.39 Å². The van der Waals surface area contributed by atoms with Gasteiger partial charge >= 0.3 is 0 Å². The minimum Gasteiger partial charge on any atom is -0.309 e. The predicted molar refractivity (Wildman–Crippen MR) is 81.8 cm³/mol. The van der Waals surface area contributed by atoms with E-state index in [9.17, 15) is 4.39 Å². The average molecular weight is 393 g/mol. The maximum Gasteiger partial charge on any atom is 0.142 e. The third kappa shape index (κ3) is 2.69. The van der Waals surface area contributed by atoms with Gasteiger partial charge in [0.25, 0.3) is 0 Å². The first kappa shape index (κ1) is 14.2. The molecule has 1 unspecified atom stereocenters. The first-order chi connectivity index (χ1) is 8.54. The smallest absolute Gasteiger partial charge is 0.142 e. The molecule has 5 heteroatoms. The quantitative estimate of drug-likeness (QED) is 0.772. The van der Waals surface area contributed by atoms with Crippen LogP contribution in [0.15, 0.2) is 32.5 Å². The highest BCUT2D eigenvalue weighted by Crippen LogP contribution is 2.36. The molecule has 0 radical (unpaired) electrons. The summed E-state index contributed by atoms with van der Waals surface area (Å²) in [5, 5.41) is 3.17. The molecule has 0 saturated carbocycles. The topological polar surface area (TPSA) is 12.0 Å². The van der Waals surface area contributed by atoms with Crippen LogP contribution in [-0.2, 0) is 0 Å². The first-order valence-electron chi connectivity index (χ1n) is 5.41. The van der Waals surface area contributed by atoms with Crippen LogP contribution in [0.1, 0.15) is 22.0 Å². The highest BCUT2D eigenvalue weighted by molar-refractivity contribution is 9.11. The molecular weight excluding hydrogens is 381 g/mol. The van der Waals surface area contributed by atoms with Gasteiger partial charge in [0, 0.05) is 10.4 Å². The molecule has 0 aliphatic heterocycles. The van der Waals surface area contributed by atoms with Gasteiger partial charge in [0.15, 0.2) is 0 Å². The predicted octanol–water partition coefficient (Wildman–Crippen LogP) is 5.03. The second-order valence-electron chi connectivity index (χ2n) is 3.97. The van der Waals surface area contributed by atoms with Crippen molar-refractivity contribution in [1.82, 2.24) is 5.32 Å². The molecule has 0 fully saturated rings. The van der Waals surface area contributed by atoms with E-state index in [4.69, 9.17) is 0 Å². The number of halogens is 3. The van der Waals surface area contributed by atoms with Crippen molar-refractivity contribution in [2.45, 2.75) is 13.0 Å². The Balaban J connectivity index is 2.48. The van der Waals surface area contributed by atoms with Crippen molar-refractivity contribution >= 4 is 43.2 Å². The largest absolute Gasteiger partial charge is 0.309 e. The summed E-state index contributed by atoms with van der Waals surface area (Å²) in [7, 11) is 1.84. The monoisotopic (exact) mass is 391 g/mol. The summed E-state index contributed by atoms with van der Waals surface area (Å²) in [5.41, 5.74) is 1.83. The van der Waals surface area contributed by atoms with Crippen molar-refractivity contribution in [1.29, 1.82) is 0 Å². The lowest BCUT2D eigenvalue weighted by atomic mass is 10.0. The van der Waals surface area contributed by atoms with E-state index >= 15 is 0 Å². The summed E-state index contributed by atoms with van der Waals surface area (Å²) in [6.07, 6.45) is 0. The van der Waals surface area contributed by atoms with Crippen molar-refractivity contribution in [3.8, 4) is 0 Å². The third-order valence-electron chi connectivity index (χ3n) is 2.74. The van der Waals surface area contributed by atoms with Gasteiger partial charge in [-0.2, -0.15) is 0 Å². The molecule has 0 aliphatic rings. The normalized spacial score (nSPS) is 12.7. The molecule has 1 aromatic carbocycles. The van der Waals surface area contributed by atoms with Gasteiger partial charge in [-0.3, -0.25) is 0 Å². The molecule has 1 N–H and O–H groups in total. The average Bonchev–Trinajstić information content (AvgIpc) is 2.66. The Hall–Kier alpha value is -0.230. The first-order valence-corrected chi connectivity index (χ1v) is 7.82. The Kier molecular flexibility index (Phi) is 4.59. The zero-order chi connectivity index (χ0) is 13.3. The van der Waals surface area contributed by atoms with Crippen molar-refractivity contribution in [3.63, 3.8) is 0 Å². The molecule has 0 amide bonds. The van der Waals surface area contributed by atoms with Gasteiger partial charge in [-0.05, 0) is 63.5 Å². The van der Waals surface area contributed by atoms with Crippen molar-refractivity contribution in [2.24, 2.45) is 0 Å². The van der Waals surface area contributed by atoms with Crippen molar-refractivity contribution in [3.05, 3.63) is 54.3 Å². The van der Waals surface area contributed by atoms with Crippen LogP contribution in [0, 0.1) is 12.7 Å². The Morgan fingerprint density at radius 2 is 2.06 bits per heavy atom. The van der Waals surface area contributed by atoms with Gasteiger partial charge in [-0.1, -0.05) is 12.1 Å². The molecular formula is C13H12Br2FNS. The Morgan fingerprint density at radius 3 is 2.61 bits per heavy atom. The Bertz CT molecular complexity index is 549. The highest BCUT2D eigenvalue weighted by atomic mass is 79.9. The summed E-state index contributed by atoms with van der Waals surface area (Å²) in [6.45, 7) is 2.04. The summed E-state index contributed by atoms with van der Waals surface area (Å²) in [5.74, 6) is -0.209. The highest BCUT2D eigenvalue weighted by Gasteiger charge is 2.20. The number of hydrogen-bond donors (Lipinski definition) is 1. The molecule has 2 aromatic rings. The van der Waals surface area contributed by atoms with E-state index in [0.29, 0.717) is 10.0 Å². The van der Waals surface area contributed by atoms with Crippen LogP contribution in [-0.4, -0.2) is 7.05 Å². The fraction of sp³-hybridized carbons (Fsp3) is 0.231. The third-order valence-corrected chi connectivity index (χ3v) is 5.56.